The molecule has 0 spiro atoms. The smallest absolute Gasteiger partial charge is 0.126 e. The van der Waals surface area contributed by atoms with E-state index in [1.807, 2.05) is 49.2 Å². The second-order valence-corrected chi connectivity index (χ2v) is 11.4. The van der Waals surface area contributed by atoms with Gasteiger partial charge < -0.3 is 48.3 Å². The Kier molecular flexibility index (Phi) is 16.9. The lowest BCUT2D eigenvalue weighted by Crippen LogP contribution is -2.43. The monoisotopic (exact) mass is 498 g/mol. The summed E-state index contributed by atoms with van der Waals surface area (Å²) in [6.45, 7) is 5.67. The number of hydrogen-bond donors (Lipinski definition) is 4. The molecule has 0 bridgehead atoms. The Morgan fingerprint density at radius 2 is 1.03 bits per heavy atom. The molecule has 0 amide bonds. The minimum Gasteiger partial charge on any atom is -0.393 e. The number of ether oxygens (including phenoxy) is 4. The van der Waals surface area contributed by atoms with Crippen LogP contribution in [0.4, 0.5) is 0 Å². The molecule has 0 heterocycles. The molecule has 6 atom stereocenters. The van der Waals surface area contributed by atoms with Crippen LogP contribution in [0.1, 0.15) is 26.7 Å². The lowest BCUT2D eigenvalue weighted by molar-refractivity contribution is -0.873. The van der Waals surface area contributed by atoms with Crippen LogP contribution in [0.25, 0.3) is 0 Å². The first kappa shape index (κ1) is 33.6. The maximum atomic E-state index is 10.2. The molecule has 0 fully saturated rings. The molecule has 0 aromatic heterocycles. The molecule has 34 heavy (non-hydrogen) atoms. The molecule has 206 valence electrons. The van der Waals surface area contributed by atoms with E-state index in [0.717, 1.165) is 6.42 Å². The fourth-order valence-electron chi connectivity index (χ4n) is 3.46. The van der Waals surface area contributed by atoms with Crippen LogP contribution in [0.2, 0.25) is 0 Å². The van der Waals surface area contributed by atoms with Gasteiger partial charge in [0.25, 0.3) is 0 Å². The molecule has 4 N–H and O–H groups in total. The quantitative estimate of drug-likeness (QED) is 0.156. The number of nitrogens with zero attached hydrogens (tertiary/aromatic N) is 2. The Balaban J connectivity index is 4.58. The zero-order chi connectivity index (χ0) is 26.4. The summed E-state index contributed by atoms with van der Waals surface area (Å²) < 4.78 is 24.1. The van der Waals surface area contributed by atoms with E-state index in [2.05, 4.69) is 0 Å². The molecule has 0 aliphatic heterocycles. The van der Waals surface area contributed by atoms with Crippen molar-refractivity contribution in [3.63, 3.8) is 0 Å². The number of rotatable bonds is 21. The van der Waals surface area contributed by atoms with Gasteiger partial charge in [-0.25, -0.2) is 0 Å². The van der Waals surface area contributed by atoms with Crippen molar-refractivity contribution in [1.29, 1.82) is 0 Å². The van der Waals surface area contributed by atoms with Gasteiger partial charge in [0.15, 0.2) is 0 Å². The highest BCUT2D eigenvalue weighted by Gasteiger charge is 2.20. The summed E-state index contributed by atoms with van der Waals surface area (Å²) >= 11 is 0. The van der Waals surface area contributed by atoms with Crippen LogP contribution in [0.5, 0.6) is 0 Å². The van der Waals surface area contributed by atoms with Gasteiger partial charge in [0, 0.05) is 0 Å². The van der Waals surface area contributed by atoms with Crippen molar-refractivity contribution in [2.75, 3.05) is 95.0 Å². The third kappa shape index (κ3) is 20.9. The Bertz CT molecular complexity index is 496. The van der Waals surface area contributed by atoms with Crippen LogP contribution in [0.3, 0.4) is 0 Å². The van der Waals surface area contributed by atoms with E-state index in [0.29, 0.717) is 28.5 Å². The van der Waals surface area contributed by atoms with Crippen molar-refractivity contribution in [3.8, 4) is 0 Å². The lowest BCUT2D eigenvalue weighted by Gasteiger charge is -2.27. The molecular formula is C24H54N2O8+2. The normalized spacial score (nSPS) is 18.4. The van der Waals surface area contributed by atoms with Gasteiger partial charge in [0.1, 0.15) is 37.5 Å². The predicted molar refractivity (Wildman–Crippen MR) is 132 cm³/mol. The van der Waals surface area contributed by atoms with Crippen molar-refractivity contribution in [2.45, 2.75) is 63.3 Å². The second-order valence-electron chi connectivity index (χ2n) is 11.4. The van der Waals surface area contributed by atoms with Gasteiger partial charge in [-0.05, 0) is 19.8 Å². The summed E-state index contributed by atoms with van der Waals surface area (Å²) in [4.78, 5) is 0. The van der Waals surface area contributed by atoms with Gasteiger partial charge in [-0.2, -0.15) is 0 Å². The van der Waals surface area contributed by atoms with E-state index in [9.17, 15) is 20.4 Å². The van der Waals surface area contributed by atoms with Crippen molar-refractivity contribution in [1.82, 2.24) is 0 Å². The average Bonchev–Trinajstić information content (AvgIpc) is 2.65. The molecule has 10 nitrogen and oxygen atoms in total. The van der Waals surface area contributed by atoms with E-state index < -0.39 is 30.5 Å². The van der Waals surface area contributed by atoms with Gasteiger partial charge in [-0.1, -0.05) is 6.92 Å². The third-order valence-electron chi connectivity index (χ3n) is 4.85. The SMILES string of the molecule is CCC(CC(C)O)OCC(COCC(O)C[N+](C)(C)C)OCC(O)COCC(O)C[N+](C)(C)C. The highest BCUT2D eigenvalue weighted by molar-refractivity contribution is 4.65. The summed E-state index contributed by atoms with van der Waals surface area (Å²) in [7, 11) is 12.0. The molecule has 0 saturated carbocycles. The molecule has 0 rings (SSSR count). The van der Waals surface area contributed by atoms with Crippen molar-refractivity contribution < 1.29 is 48.3 Å². The molecule has 0 aliphatic carbocycles. The molecule has 0 aromatic carbocycles. The fraction of sp³-hybridized carbons (Fsp3) is 1.00. The Morgan fingerprint density at radius 3 is 1.47 bits per heavy atom. The fourth-order valence-corrected chi connectivity index (χ4v) is 3.46. The van der Waals surface area contributed by atoms with Crippen LogP contribution in [0.15, 0.2) is 0 Å². The number of likely N-dealkylation sites (N-methyl/N-ethyl adjacent to an activating group) is 2. The predicted octanol–water partition coefficient (Wildman–Crippen LogP) is -0.534. The van der Waals surface area contributed by atoms with Crippen LogP contribution in [-0.4, -0.2) is 161 Å². The second kappa shape index (κ2) is 17.1. The Morgan fingerprint density at radius 1 is 0.588 bits per heavy atom. The molecule has 10 heteroatoms. The average molecular weight is 499 g/mol. The summed E-state index contributed by atoms with van der Waals surface area (Å²) in [5, 5.41) is 40.1. The molecular weight excluding hydrogens is 444 g/mol. The zero-order valence-electron chi connectivity index (χ0n) is 22.9. The first-order chi connectivity index (χ1) is 15.6. The maximum absolute atomic E-state index is 10.2. The van der Waals surface area contributed by atoms with Crippen LogP contribution in [0, 0.1) is 0 Å². The van der Waals surface area contributed by atoms with Crippen molar-refractivity contribution >= 4 is 0 Å². The molecule has 6 unspecified atom stereocenters. The van der Waals surface area contributed by atoms with Crippen LogP contribution < -0.4 is 0 Å². The Hall–Kier alpha value is -0.400. The topological polar surface area (TPSA) is 118 Å². The van der Waals surface area contributed by atoms with Gasteiger partial charge in [-0.3, -0.25) is 0 Å². The number of hydrogen-bond acceptors (Lipinski definition) is 8. The first-order valence-electron chi connectivity index (χ1n) is 12.3. The van der Waals surface area contributed by atoms with E-state index >= 15 is 0 Å². The van der Waals surface area contributed by atoms with Gasteiger partial charge >= 0.3 is 0 Å². The maximum Gasteiger partial charge on any atom is 0.126 e. The summed E-state index contributed by atoms with van der Waals surface area (Å²) in [5.74, 6) is 0. The number of aliphatic hydroxyl groups excluding tert-OH is 4. The van der Waals surface area contributed by atoms with E-state index in [-0.39, 0.29) is 45.7 Å². The van der Waals surface area contributed by atoms with E-state index in [1.165, 1.54) is 0 Å². The van der Waals surface area contributed by atoms with E-state index in [1.54, 1.807) is 6.92 Å². The zero-order valence-corrected chi connectivity index (χ0v) is 22.9. The molecule has 0 aromatic rings. The van der Waals surface area contributed by atoms with Crippen molar-refractivity contribution in [2.24, 2.45) is 0 Å². The van der Waals surface area contributed by atoms with Gasteiger partial charge in [0.05, 0.1) is 94.1 Å². The number of quaternary nitrogens is 2. The largest absolute Gasteiger partial charge is 0.393 e. The van der Waals surface area contributed by atoms with Crippen LogP contribution >= 0.6 is 0 Å². The minimum absolute atomic E-state index is 0.0252. The van der Waals surface area contributed by atoms with Crippen molar-refractivity contribution in [3.05, 3.63) is 0 Å². The summed E-state index contributed by atoms with van der Waals surface area (Å²) in [6.07, 6.45) is -1.80. The highest BCUT2D eigenvalue weighted by Crippen LogP contribution is 2.09. The van der Waals surface area contributed by atoms with Crippen LogP contribution in [-0.2, 0) is 18.9 Å². The molecule has 0 radical (unpaired) electrons. The Labute approximate surface area is 207 Å². The number of aliphatic hydroxyl groups is 4. The third-order valence-corrected chi connectivity index (χ3v) is 4.85. The standard InChI is InChI=1S/C24H54N2O8/c1-9-23(10-19(2)27)34-18-24(17-32-14-21(29)12-26(6,7)8)33-16-22(30)15-31-13-20(28)11-25(3,4)5/h19-24,27-30H,9-18H2,1-8H3/q+2. The van der Waals surface area contributed by atoms with Gasteiger partial charge in [-0.15, -0.1) is 0 Å². The van der Waals surface area contributed by atoms with Gasteiger partial charge in [0.2, 0.25) is 0 Å². The lowest BCUT2D eigenvalue weighted by atomic mass is 10.1. The molecule has 0 saturated heterocycles. The highest BCUT2D eigenvalue weighted by atomic mass is 16.6. The minimum atomic E-state index is -0.859. The van der Waals surface area contributed by atoms with E-state index in [4.69, 9.17) is 18.9 Å². The summed E-state index contributed by atoms with van der Waals surface area (Å²) in [5.41, 5.74) is 0. The first-order valence-corrected chi connectivity index (χ1v) is 12.3. The molecule has 0 aliphatic rings. The summed E-state index contributed by atoms with van der Waals surface area (Å²) in [6, 6.07) is 0.